The lowest BCUT2D eigenvalue weighted by atomic mass is 10.1. The molecule has 1 aliphatic heterocycles. The number of Topliss-reactive ketones (excluding diaryl/α,β-unsaturated/α-hetero) is 1. The lowest BCUT2D eigenvalue weighted by molar-refractivity contribution is -0.126. The summed E-state index contributed by atoms with van der Waals surface area (Å²) in [5, 5.41) is 5.76. The molecule has 0 aliphatic carbocycles. The Hall–Kier alpha value is -1.65. The Bertz CT molecular complexity index is 395. The second-order valence-electron chi connectivity index (χ2n) is 4.97. The summed E-state index contributed by atoms with van der Waals surface area (Å²) in [6.45, 7) is 8.06. The van der Waals surface area contributed by atoms with Crippen molar-refractivity contribution >= 4 is 17.5 Å². The summed E-state index contributed by atoms with van der Waals surface area (Å²) >= 11 is 0. The van der Waals surface area contributed by atoms with E-state index in [9.17, 15) is 9.59 Å². The standard InChI is InChI=1S/C13H21N3O2/c1-8(2)13(18)15-7-11(17)10-5-12(14-6-10)16-9(3)4/h5,8-9H,6-7H2,1-4H3,(H,14,16)(H,15,18). The minimum absolute atomic E-state index is 0.0489. The minimum atomic E-state index is -0.108. The van der Waals surface area contributed by atoms with Crippen molar-refractivity contribution in [1.82, 2.24) is 10.6 Å². The Labute approximate surface area is 108 Å². The van der Waals surface area contributed by atoms with E-state index >= 15 is 0 Å². The predicted molar refractivity (Wildman–Crippen MR) is 71.5 cm³/mol. The third-order valence-corrected chi connectivity index (χ3v) is 2.47. The van der Waals surface area contributed by atoms with Gasteiger partial charge in [-0.15, -0.1) is 0 Å². The quantitative estimate of drug-likeness (QED) is 0.754. The van der Waals surface area contributed by atoms with E-state index in [2.05, 4.69) is 15.6 Å². The third kappa shape index (κ3) is 4.31. The van der Waals surface area contributed by atoms with Gasteiger partial charge in [-0.3, -0.25) is 14.6 Å². The lowest BCUT2D eigenvalue weighted by Gasteiger charge is -2.07. The van der Waals surface area contributed by atoms with Gasteiger partial charge in [-0.25, -0.2) is 0 Å². The number of nitrogens with zero attached hydrogens (tertiary/aromatic N) is 1. The summed E-state index contributed by atoms with van der Waals surface area (Å²) in [5.74, 6) is 0.449. The molecule has 0 spiro atoms. The third-order valence-electron chi connectivity index (χ3n) is 2.47. The van der Waals surface area contributed by atoms with Crippen LogP contribution in [-0.4, -0.2) is 36.7 Å². The first-order valence-corrected chi connectivity index (χ1v) is 6.22. The molecule has 0 aromatic carbocycles. The van der Waals surface area contributed by atoms with Gasteiger partial charge in [-0.05, 0) is 19.9 Å². The molecule has 5 nitrogen and oxygen atoms in total. The van der Waals surface area contributed by atoms with Crippen molar-refractivity contribution in [2.75, 3.05) is 13.1 Å². The molecule has 2 N–H and O–H groups in total. The van der Waals surface area contributed by atoms with E-state index in [0.717, 1.165) is 5.84 Å². The van der Waals surface area contributed by atoms with Crippen LogP contribution in [0.25, 0.3) is 0 Å². The van der Waals surface area contributed by atoms with Gasteiger partial charge in [0.2, 0.25) is 5.91 Å². The van der Waals surface area contributed by atoms with Crippen LogP contribution < -0.4 is 10.6 Å². The molecular formula is C13H21N3O2. The monoisotopic (exact) mass is 251 g/mol. The van der Waals surface area contributed by atoms with Gasteiger partial charge < -0.3 is 10.6 Å². The van der Waals surface area contributed by atoms with Crippen LogP contribution in [0.15, 0.2) is 16.6 Å². The zero-order valence-corrected chi connectivity index (χ0v) is 11.4. The van der Waals surface area contributed by atoms with Crippen molar-refractivity contribution in [3.63, 3.8) is 0 Å². The number of carbonyl (C=O) groups excluding carboxylic acids is 2. The molecule has 1 rings (SSSR count). The SMILES string of the molecule is CC(C)NC1=NCC(C(=O)CNC(=O)C(C)C)=C1. The Morgan fingerprint density at radius 2 is 2.00 bits per heavy atom. The van der Waals surface area contributed by atoms with Crippen LogP contribution in [0.4, 0.5) is 0 Å². The highest BCUT2D eigenvalue weighted by molar-refractivity contribution is 6.08. The molecule has 0 saturated carbocycles. The van der Waals surface area contributed by atoms with Gasteiger partial charge in [-0.1, -0.05) is 13.8 Å². The van der Waals surface area contributed by atoms with Crippen LogP contribution in [0.3, 0.4) is 0 Å². The molecular weight excluding hydrogens is 230 g/mol. The summed E-state index contributed by atoms with van der Waals surface area (Å²) in [7, 11) is 0. The zero-order valence-electron chi connectivity index (χ0n) is 11.4. The van der Waals surface area contributed by atoms with Crippen molar-refractivity contribution in [3.8, 4) is 0 Å². The Balaban J connectivity index is 2.43. The minimum Gasteiger partial charge on any atom is -0.368 e. The number of hydrogen-bond donors (Lipinski definition) is 2. The topological polar surface area (TPSA) is 70.6 Å². The number of hydrogen-bond acceptors (Lipinski definition) is 4. The fourth-order valence-corrected chi connectivity index (χ4v) is 1.46. The summed E-state index contributed by atoms with van der Waals surface area (Å²) in [6, 6.07) is 0.287. The Morgan fingerprint density at radius 3 is 2.56 bits per heavy atom. The highest BCUT2D eigenvalue weighted by Crippen LogP contribution is 2.06. The van der Waals surface area contributed by atoms with Gasteiger partial charge in [0.1, 0.15) is 5.84 Å². The maximum absolute atomic E-state index is 11.8. The van der Waals surface area contributed by atoms with Gasteiger partial charge in [0.25, 0.3) is 0 Å². The van der Waals surface area contributed by atoms with E-state index in [4.69, 9.17) is 0 Å². The molecule has 1 amide bonds. The second-order valence-corrected chi connectivity index (χ2v) is 4.97. The van der Waals surface area contributed by atoms with Crippen molar-refractivity contribution in [1.29, 1.82) is 0 Å². The molecule has 0 aromatic rings. The van der Waals surface area contributed by atoms with E-state index in [1.807, 2.05) is 13.8 Å². The number of ketones is 1. The summed E-state index contributed by atoms with van der Waals surface area (Å²) in [6.07, 6.45) is 1.75. The van der Waals surface area contributed by atoms with E-state index in [-0.39, 0.29) is 30.2 Å². The molecule has 5 heteroatoms. The molecule has 0 unspecified atom stereocenters. The molecule has 0 saturated heterocycles. The second kappa shape index (κ2) is 6.33. The normalized spacial score (nSPS) is 14.6. The number of nitrogens with one attached hydrogen (secondary N) is 2. The number of rotatable bonds is 5. The molecule has 0 fully saturated rings. The van der Waals surface area contributed by atoms with Crippen molar-refractivity contribution < 1.29 is 9.59 Å². The molecule has 1 heterocycles. The van der Waals surface area contributed by atoms with E-state index in [1.54, 1.807) is 19.9 Å². The van der Waals surface area contributed by atoms with Crippen molar-refractivity contribution in [3.05, 3.63) is 11.6 Å². The molecule has 18 heavy (non-hydrogen) atoms. The molecule has 0 atom stereocenters. The average molecular weight is 251 g/mol. The lowest BCUT2D eigenvalue weighted by Crippen LogP contribution is -2.33. The van der Waals surface area contributed by atoms with E-state index < -0.39 is 0 Å². The first-order valence-electron chi connectivity index (χ1n) is 6.22. The highest BCUT2D eigenvalue weighted by Gasteiger charge is 2.17. The van der Waals surface area contributed by atoms with Crippen LogP contribution in [0.5, 0.6) is 0 Å². The van der Waals surface area contributed by atoms with Gasteiger partial charge in [0.05, 0.1) is 13.1 Å². The van der Waals surface area contributed by atoms with E-state index in [1.165, 1.54) is 0 Å². The first kappa shape index (κ1) is 14.4. The van der Waals surface area contributed by atoms with Crippen LogP contribution in [0.1, 0.15) is 27.7 Å². The van der Waals surface area contributed by atoms with Gasteiger partial charge >= 0.3 is 0 Å². The Morgan fingerprint density at radius 1 is 1.33 bits per heavy atom. The Kier molecular flexibility index (Phi) is 5.07. The number of amides is 1. The fourth-order valence-electron chi connectivity index (χ4n) is 1.46. The number of carbonyl (C=O) groups is 2. The molecule has 0 aromatic heterocycles. The summed E-state index contributed by atoms with van der Waals surface area (Å²) < 4.78 is 0. The van der Waals surface area contributed by atoms with Gasteiger partial charge in [0.15, 0.2) is 5.78 Å². The fraction of sp³-hybridized carbons (Fsp3) is 0.615. The largest absolute Gasteiger partial charge is 0.368 e. The predicted octanol–water partition coefficient (Wildman–Crippen LogP) is 0.664. The van der Waals surface area contributed by atoms with Crippen LogP contribution in [0.2, 0.25) is 0 Å². The average Bonchev–Trinajstić information content (AvgIpc) is 2.72. The summed E-state index contributed by atoms with van der Waals surface area (Å²) in [5.41, 5.74) is 0.641. The molecule has 0 radical (unpaired) electrons. The van der Waals surface area contributed by atoms with Gasteiger partial charge in [-0.2, -0.15) is 0 Å². The zero-order chi connectivity index (χ0) is 13.7. The summed E-state index contributed by atoms with van der Waals surface area (Å²) in [4.78, 5) is 27.4. The first-order chi connectivity index (χ1) is 8.40. The molecule has 100 valence electrons. The number of amidine groups is 1. The van der Waals surface area contributed by atoms with Crippen LogP contribution in [0, 0.1) is 5.92 Å². The van der Waals surface area contributed by atoms with Crippen molar-refractivity contribution in [2.45, 2.75) is 33.7 Å². The number of aliphatic imine (C=N–C) groups is 1. The van der Waals surface area contributed by atoms with Gasteiger partial charge in [0, 0.05) is 17.5 Å². The molecule has 1 aliphatic rings. The molecule has 0 bridgehead atoms. The smallest absolute Gasteiger partial charge is 0.222 e. The maximum atomic E-state index is 11.8. The maximum Gasteiger partial charge on any atom is 0.222 e. The van der Waals surface area contributed by atoms with E-state index in [0.29, 0.717) is 12.1 Å². The van der Waals surface area contributed by atoms with Crippen LogP contribution >= 0.6 is 0 Å². The van der Waals surface area contributed by atoms with Crippen LogP contribution in [-0.2, 0) is 9.59 Å². The highest BCUT2D eigenvalue weighted by atomic mass is 16.2. The van der Waals surface area contributed by atoms with Crippen molar-refractivity contribution in [2.24, 2.45) is 10.9 Å².